The summed E-state index contributed by atoms with van der Waals surface area (Å²) < 4.78 is 5.26. The van der Waals surface area contributed by atoms with Gasteiger partial charge in [0.2, 0.25) is 0 Å². The first-order valence-electron chi connectivity index (χ1n) is 11.0. The Balaban J connectivity index is 1.62. The standard InChI is InChI=1S/C22H32N6O3S2/c1-5-31-20(30)16-12-24-18(19-23-6-11-33-19)25-17(16)13-27-7-9-28(10-8-27)21(32)26(4)14-22(2,3)15-29/h6,11,15H,5,7-10,12-14H2,1-4H3,(H,24,25). The molecule has 1 aromatic rings. The van der Waals surface area contributed by atoms with Crippen molar-refractivity contribution >= 4 is 46.8 Å². The third-order valence-corrected chi connectivity index (χ3v) is 6.85. The van der Waals surface area contributed by atoms with E-state index in [0.29, 0.717) is 31.1 Å². The van der Waals surface area contributed by atoms with E-state index in [9.17, 15) is 9.59 Å². The number of nitrogens with one attached hydrogen (secondary N) is 1. The SMILES string of the molecule is CCOC(=O)C1=C(CN2CCN(C(=S)N(C)CC(C)(C)C=O)CC2)NC(c2nccs2)=NC1. The van der Waals surface area contributed by atoms with Crippen LogP contribution in [0, 0.1) is 5.41 Å². The number of thiazole rings is 1. The van der Waals surface area contributed by atoms with Gasteiger partial charge in [-0.25, -0.2) is 9.78 Å². The van der Waals surface area contributed by atoms with Gasteiger partial charge < -0.3 is 24.6 Å². The van der Waals surface area contributed by atoms with Crippen molar-refractivity contribution in [3.05, 3.63) is 27.9 Å². The molecule has 0 spiro atoms. The van der Waals surface area contributed by atoms with Gasteiger partial charge in [-0.1, -0.05) is 13.8 Å². The molecule has 0 atom stereocenters. The molecule has 11 heteroatoms. The molecule has 0 amide bonds. The Labute approximate surface area is 204 Å². The summed E-state index contributed by atoms with van der Waals surface area (Å²) >= 11 is 7.17. The Morgan fingerprint density at radius 3 is 2.70 bits per heavy atom. The van der Waals surface area contributed by atoms with Crippen molar-refractivity contribution in [2.45, 2.75) is 20.8 Å². The van der Waals surface area contributed by atoms with Gasteiger partial charge >= 0.3 is 5.97 Å². The van der Waals surface area contributed by atoms with Crippen LogP contribution in [0.2, 0.25) is 0 Å². The Hall–Kier alpha value is -2.37. The fraction of sp³-hybridized carbons (Fsp3) is 0.591. The van der Waals surface area contributed by atoms with Crippen LogP contribution in [0.15, 0.2) is 27.8 Å². The summed E-state index contributed by atoms with van der Waals surface area (Å²) in [5.74, 6) is 0.355. The van der Waals surface area contributed by atoms with Crippen LogP contribution in [-0.4, -0.2) is 102 Å². The highest BCUT2D eigenvalue weighted by molar-refractivity contribution is 7.80. The molecule has 2 aliphatic rings. The van der Waals surface area contributed by atoms with Gasteiger partial charge in [-0.2, -0.15) is 0 Å². The molecule has 180 valence electrons. The highest BCUT2D eigenvalue weighted by Gasteiger charge is 2.28. The lowest BCUT2D eigenvalue weighted by molar-refractivity contribution is -0.138. The molecule has 2 aliphatic heterocycles. The fourth-order valence-corrected chi connectivity index (χ4v) is 4.64. The maximum Gasteiger partial charge on any atom is 0.337 e. The van der Waals surface area contributed by atoms with Crippen LogP contribution in [0.5, 0.6) is 0 Å². The number of aliphatic imine (C=N–C) groups is 1. The molecule has 3 heterocycles. The Bertz CT molecular complexity index is 921. The number of ether oxygens (including phenoxy) is 1. The zero-order valence-electron chi connectivity index (χ0n) is 19.7. The molecule has 3 rings (SSSR count). The van der Waals surface area contributed by atoms with Gasteiger partial charge in [-0.15, -0.1) is 11.3 Å². The van der Waals surface area contributed by atoms with Gasteiger partial charge in [0.1, 0.15) is 6.29 Å². The van der Waals surface area contributed by atoms with Crippen molar-refractivity contribution in [3.8, 4) is 0 Å². The van der Waals surface area contributed by atoms with Gasteiger partial charge in [0.25, 0.3) is 0 Å². The topological polar surface area (TPSA) is 90.4 Å². The molecule has 1 saturated heterocycles. The van der Waals surface area contributed by atoms with Crippen molar-refractivity contribution in [2.24, 2.45) is 10.4 Å². The van der Waals surface area contributed by atoms with Crippen molar-refractivity contribution in [1.29, 1.82) is 0 Å². The molecular formula is C22H32N6O3S2. The molecule has 0 bridgehead atoms. The first-order valence-corrected chi connectivity index (χ1v) is 12.3. The lowest BCUT2D eigenvalue weighted by Gasteiger charge is -2.40. The van der Waals surface area contributed by atoms with Gasteiger partial charge in [0.15, 0.2) is 16.0 Å². The van der Waals surface area contributed by atoms with Crippen LogP contribution >= 0.6 is 23.6 Å². The van der Waals surface area contributed by atoms with Crippen molar-refractivity contribution in [1.82, 2.24) is 25.0 Å². The summed E-state index contributed by atoms with van der Waals surface area (Å²) in [5, 5.41) is 6.79. The van der Waals surface area contributed by atoms with Gasteiger partial charge in [-0.05, 0) is 19.1 Å². The number of carbonyl (C=O) groups is 2. The molecule has 1 N–H and O–H groups in total. The molecule has 0 radical (unpaired) electrons. The molecule has 0 saturated carbocycles. The highest BCUT2D eigenvalue weighted by atomic mass is 32.1. The third kappa shape index (κ3) is 6.58. The smallest absolute Gasteiger partial charge is 0.337 e. The molecule has 0 aromatic carbocycles. The second kappa shape index (κ2) is 11.2. The van der Waals surface area contributed by atoms with Gasteiger partial charge in [0.05, 0.1) is 18.7 Å². The molecular weight excluding hydrogens is 460 g/mol. The Morgan fingerprint density at radius 2 is 2.09 bits per heavy atom. The minimum absolute atomic E-state index is 0.275. The lowest BCUT2D eigenvalue weighted by atomic mass is 9.95. The lowest BCUT2D eigenvalue weighted by Crippen LogP contribution is -2.54. The van der Waals surface area contributed by atoms with Crippen LogP contribution in [0.3, 0.4) is 0 Å². The summed E-state index contributed by atoms with van der Waals surface area (Å²) in [6.45, 7) is 10.5. The van der Waals surface area contributed by atoms with Crippen LogP contribution in [-0.2, 0) is 14.3 Å². The van der Waals surface area contributed by atoms with Crippen LogP contribution in [0.4, 0.5) is 0 Å². The number of hydrogen-bond donors (Lipinski definition) is 1. The van der Waals surface area contributed by atoms with Crippen LogP contribution in [0.1, 0.15) is 25.8 Å². The maximum absolute atomic E-state index is 12.5. The number of rotatable bonds is 8. The number of aromatic nitrogens is 1. The monoisotopic (exact) mass is 492 g/mol. The van der Waals surface area contributed by atoms with Crippen LogP contribution < -0.4 is 5.32 Å². The number of thiocarbonyl (C=S) groups is 1. The van der Waals surface area contributed by atoms with E-state index in [2.05, 4.69) is 25.1 Å². The zero-order chi connectivity index (χ0) is 24.0. The third-order valence-electron chi connectivity index (χ3n) is 5.50. The number of piperazine rings is 1. The normalized spacial score (nSPS) is 17.3. The highest BCUT2D eigenvalue weighted by Crippen LogP contribution is 2.18. The predicted molar refractivity (Wildman–Crippen MR) is 133 cm³/mol. The molecule has 1 aromatic heterocycles. The fourth-order valence-electron chi connectivity index (χ4n) is 3.79. The second-order valence-corrected chi connectivity index (χ2v) is 10.1. The second-order valence-electron chi connectivity index (χ2n) is 8.81. The summed E-state index contributed by atoms with van der Waals surface area (Å²) in [7, 11) is 1.93. The van der Waals surface area contributed by atoms with E-state index < -0.39 is 5.41 Å². The average molecular weight is 493 g/mol. The number of esters is 1. The summed E-state index contributed by atoms with van der Waals surface area (Å²) in [6, 6.07) is 0. The number of hydrogen-bond acceptors (Lipinski definition) is 9. The number of nitrogens with zero attached hydrogens (tertiary/aromatic N) is 5. The molecule has 0 unspecified atom stereocenters. The van der Waals surface area contributed by atoms with Crippen molar-refractivity contribution < 1.29 is 14.3 Å². The van der Waals surface area contributed by atoms with E-state index in [1.807, 2.05) is 31.2 Å². The predicted octanol–water partition coefficient (Wildman–Crippen LogP) is 1.37. The Morgan fingerprint density at radius 1 is 1.36 bits per heavy atom. The number of amidine groups is 1. The summed E-state index contributed by atoms with van der Waals surface area (Å²) in [4.78, 5) is 39.1. The van der Waals surface area contributed by atoms with Gasteiger partial charge in [-0.3, -0.25) is 9.89 Å². The van der Waals surface area contributed by atoms with E-state index in [1.165, 1.54) is 11.3 Å². The zero-order valence-corrected chi connectivity index (χ0v) is 21.3. The first-order chi connectivity index (χ1) is 15.7. The quantitative estimate of drug-likeness (QED) is 0.328. The first kappa shape index (κ1) is 25.3. The van der Waals surface area contributed by atoms with Crippen molar-refractivity contribution in [2.75, 3.05) is 59.5 Å². The maximum atomic E-state index is 12.5. The van der Waals surface area contributed by atoms with Gasteiger partial charge in [0, 0.05) is 69.0 Å². The minimum Gasteiger partial charge on any atom is -0.463 e. The van der Waals surface area contributed by atoms with E-state index >= 15 is 0 Å². The molecule has 33 heavy (non-hydrogen) atoms. The average Bonchev–Trinajstić information content (AvgIpc) is 3.34. The molecule has 1 fully saturated rings. The number of carbonyl (C=O) groups excluding carboxylic acids is 2. The minimum atomic E-state index is -0.445. The Kier molecular flexibility index (Phi) is 8.55. The largest absolute Gasteiger partial charge is 0.463 e. The van der Waals surface area contributed by atoms with Crippen LogP contribution in [0.25, 0.3) is 0 Å². The van der Waals surface area contributed by atoms with Crippen molar-refractivity contribution in [3.63, 3.8) is 0 Å². The van der Waals surface area contributed by atoms with E-state index in [4.69, 9.17) is 17.0 Å². The molecule has 0 aliphatic carbocycles. The van der Waals surface area contributed by atoms with E-state index in [1.54, 1.807) is 13.1 Å². The number of aldehydes is 1. The summed E-state index contributed by atoms with van der Waals surface area (Å²) in [5.41, 5.74) is 0.931. The summed E-state index contributed by atoms with van der Waals surface area (Å²) in [6.07, 6.45) is 2.71. The van der Waals surface area contributed by atoms with E-state index in [-0.39, 0.29) is 12.5 Å². The molecule has 9 nitrogen and oxygen atoms in total. The van der Waals surface area contributed by atoms with E-state index in [0.717, 1.165) is 48.3 Å².